The van der Waals surface area contributed by atoms with E-state index in [1.54, 1.807) is 6.92 Å². The lowest BCUT2D eigenvalue weighted by Crippen LogP contribution is -2.56. The van der Waals surface area contributed by atoms with Crippen molar-refractivity contribution in [3.63, 3.8) is 0 Å². The molecule has 21 heavy (non-hydrogen) atoms. The smallest absolute Gasteiger partial charge is 0.326 e. The highest BCUT2D eigenvalue weighted by atomic mass is 16.4. The summed E-state index contributed by atoms with van der Waals surface area (Å²) in [4.78, 5) is 26.0. The maximum Gasteiger partial charge on any atom is 0.326 e. The number of aryl methyl sites for hydroxylation is 2. The van der Waals surface area contributed by atoms with E-state index in [1.807, 2.05) is 27.7 Å². The van der Waals surface area contributed by atoms with Crippen molar-refractivity contribution in [2.75, 3.05) is 6.54 Å². The van der Waals surface area contributed by atoms with Gasteiger partial charge in [0.15, 0.2) is 0 Å². The van der Waals surface area contributed by atoms with Crippen LogP contribution in [0.3, 0.4) is 0 Å². The van der Waals surface area contributed by atoms with Crippen LogP contribution in [0.2, 0.25) is 0 Å². The van der Waals surface area contributed by atoms with E-state index in [0.717, 1.165) is 18.4 Å². The molecule has 1 aliphatic rings. The molecule has 116 valence electrons. The predicted octanol–water partition coefficient (Wildman–Crippen LogP) is 2.92. The Bertz CT molecular complexity index is 585. The van der Waals surface area contributed by atoms with Crippen molar-refractivity contribution in [1.82, 2.24) is 4.90 Å². The van der Waals surface area contributed by atoms with Gasteiger partial charge < -0.3 is 14.4 Å². The van der Waals surface area contributed by atoms with Crippen molar-refractivity contribution >= 4 is 11.9 Å². The molecular weight excluding hydrogens is 270 g/mol. The van der Waals surface area contributed by atoms with Crippen LogP contribution < -0.4 is 0 Å². The second-order valence-corrected chi connectivity index (χ2v) is 6.55. The van der Waals surface area contributed by atoms with Crippen LogP contribution in [0.1, 0.15) is 54.1 Å². The van der Waals surface area contributed by atoms with Gasteiger partial charge >= 0.3 is 5.97 Å². The van der Waals surface area contributed by atoms with Gasteiger partial charge in [0, 0.05) is 12.1 Å². The number of nitrogens with zero attached hydrogens (tertiary/aromatic N) is 1. The van der Waals surface area contributed by atoms with Crippen molar-refractivity contribution < 1.29 is 19.1 Å². The summed E-state index contributed by atoms with van der Waals surface area (Å²) in [6.45, 7) is 9.69. The zero-order valence-corrected chi connectivity index (χ0v) is 13.3. The van der Waals surface area contributed by atoms with E-state index in [-0.39, 0.29) is 5.91 Å². The molecule has 2 rings (SSSR count). The minimum Gasteiger partial charge on any atom is -0.480 e. The molecule has 1 fully saturated rings. The summed E-state index contributed by atoms with van der Waals surface area (Å²) in [5, 5.41) is 9.57. The summed E-state index contributed by atoms with van der Waals surface area (Å²) >= 11 is 0. The first kappa shape index (κ1) is 15.6. The molecule has 1 N–H and O–H groups in total. The standard InChI is InChI=1S/C16H23NO4/c1-9-10(2)21-11(3)12(9)14(18)17-8-6-7-16(4,5)13(17)15(19)20/h13H,6-8H2,1-5H3,(H,19,20). The molecule has 1 saturated heterocycles. The van der Waals surface area contributed by atoms with Crippen LogP contribution in [0.5, 0.6) is 0 Å². The van der Waals surface area contributed by atoms with Crippen LogP contribution in [-0.2, 0) is 4.79 Å². The van der Waals surface area contributed by atoms with Crippen LogP contribution in [0.4, 0.5) is 0 Å². The van der Waals surface area contributed by atoms with E-state index in [1.165, 1.54) is 4.90 Å². The highest BCUT2D eigenvalue weighted by Gasteiger charge is 2.45. The average molecular weight is 293 g/mol. The van der Waals surface area contributed by atoms with Crippen LogP contribution in [0, 0.1) is 26.2 Å². The number of carbonyl (C=O) groups excluding carboxylic acids is 1. The second kappa shape index (κ2) is 5.20. The summed E-state index contributed by atoms with van der Waals surface area (Å²) < 4.78 is 5.51. The van der Waals surface area contributed by atoms with Gasteiger partial charge in [0.1, 0.15) is 17.6 Å². The molecule has 0 aromatic carbocycles. The summed E-state index contributed by atoms with van der Waals surface area (Å²) in [5.41, 5.74) is 0.877. The van der Waals surface area contributed by atoms with E-state index in [2.05, 4.69) is 0 Å². The van der Waals surface area contributed by atoms with Crippen LogP contribution in [-0.4, -0.2) is 34.5 Å². The van der Waals surface area contributed by atoms with E-state index in [4.69, 9.17) is 4.42 Å². The molecule has 0 radical (unpaired) electrons. The number of amides is 1. The number of piperidine rings is 1. The molecule has 5 nitrogen and oxygen atoms in total. The first-order valence-electron chi connectivity index (χ1n) is 7.27. The van der Waals surface area contributed by atoms with Gasteiger partial charge in [0.05, 0.1) is 5.56 Å². The largest absolute Gasteiger partial charge is 0.480 e. The van der Waals surface area contributed by atoms with E-state index in [0.29, 0.717) is 23.6 Å². The minimum atomic E-state index is -0.941. The van der Waals surface area contributed by atoms with Gasteiger partial charge in [-0.05, 0) is 39.0 Å². The monoisotopic (exact) mass is 293 g/mol. The molecule has 5 heteroatoms. The van der Waals surface area contributed by atoms with Crippen molar-refractivity contribution in [3.8, 4) is 0 Å². The summed E-state index contributed by atoms with van der Waals surface area (Å²) in [6.07, 6.45) is 1.62. The van der Waals surface area contributed by atoms with Crippen LogP contribution in [0.15, 0.2) is 4.42 Å². The lowest BCUT2D eigenvalue weighted by Gasteiger charge is -2.44. The number of rotatable bonds is 2. The molecule has 0 bridgehead atoms. The minimum absolute atomic E-state index is 0.234. The Kier molecular flexibility index (Phi) is 3.87. The number of carboxylic acid groups (broad SMARTS) is 1. The lowest BCUT2D eigenvalue weighted by atomic mass is 9.76. The highest BCUT2D eigenvalue weighted by Crippen LogP contribution is 2.37. The van der Waals surface area contributed by atoms with Crippen molar-refractivity contribution in [1.29, 1.82) is 0 Å². The van der Waals surface area contributed by atoms with E-state index < -0.39 is 17.4 Å². The number of carbonyl (C=O) groups is 2. The molecule has 0 aliphatic carbocycles. The molecule has 2 heterocycles. The normalized spacial score (nSPS) is 21.4. The van der Waals surface area contributed by atoms with Crippen molar-refractivity contribution in [2.45, 2.75) is 53.5 Å². The Morgan fingerprint density at radius 1 is 1.24 bits per heavy atom. The van der Waals surface area contributed by atoms with Crippen molar-refractivity contribution in [3.05, 3.63) is 22.6 Å². The Balaban J connectivity index is 2.43. The molecule has 0 saturated carbocycles. The quantitative estimate of drug-likeness (QED) is 0.910. The van der Waals surface area contributed by atoms with Gasteiger partial charge in [-0.2, -0.15) is 0 Å². The van der Waals surface area contributed by atoms with Crippen LogP contribution >= 0.6 is 0 Å². The van der Waals surface area contributed by atoms with Crippen molar-refractivity contribution in [2.24, 2.45) is 5.41 Å². The van der Waals surface area contributed by atoms with Gasteiger partial charge in [0.2, 0.25) is 0 Å². The number of hydrogen-bond donors (Lipinski definition) is 1. The molecule has 1 amide bonds. The second-order valence-electron chi connectivity index (χ2n) is 6.55. The first-order chi connectivity index (χ1) is 9.66. The summed E-state index contributed by atoms with van der Waals surface area (Å²) in [7, 11) is 0. The van der Waals surface area contributed by atoms with Gasteiger partial charge in [0.25, 0.3) is 5.91 Å². The highest BCUT2D eigenvalue weighted by molar-refractivity contribution is 5.99. The third-order valence-electron chi connectivity index (χ3n) is 4.54. The van der Waals surface area contributed by atoms with E-state index >= 15 is 0 Å². The van der Waals surface area contributed by atoms with Gasteiger partial charge in [-0.3, -0.25) is 4.79 Å². The van der Waals surface area contributed by atoms with Gasteiger partial charge in [-0.25, -0.2) is 4.79 Å². The zero-order chi connectivity index (χ0) is 15.9. The van der Waals surface area contributed by atoms with Gasteiger partial charge in [-0.1, -0.05) is 13.8 Å². The Morgan fingerprint density at radius 3 is 2.33 bits per heavy atom. The fraction of sp³-hybridized carbons (Fsp3) is 0.625. The predicted molar refractivity (Wildman–Crippen MR) is 78.4 cm³/mol. The molecule has 1 unspecified atom stereocenters. The summed E-state index contributed by atoms with van der Waals surface area (Å²) in [5.74, 6) is 0.0899. The molecule has 1 aromatic rings. The molecule has 0 spiro atoms. The third-order valence-corrected chi connectivity index (χ3v) is 4.54. The number of aliphatic carboxylic acids is 1. The molecule has 1 aliphatic heterocycles. The van der Waals surface area contributed by atoms with Crippen LogP contribution in [0.25, 0.3) is 0 Å². The van der Waals surface area contributed by atoms with E-state index in [9.17, 15) is 14.7 Å². The fourth-order valence-electron chi connectivity index (χ4n) is 3.33. The number of carboxylic acids is 1. The molecular formula is C16H23NO4. The number of furan rings is 1. The Hall–Kier alpha value is -1.78. The molecule has 1 atom stereocenters. The maximum atomic E-state index is 12.9. The van der Waals surface area contributed by atoms with Gasteiger partial charge in [-0.15, -0.1) is 0 Å². The Morgan fingerprint density at radius 2 is 1.86 bits per heavy atom. The first-order valence-corrected chi connectivity index (χ1v) is 7.27. The topological polar surface area (TPSA) is 70.8 Å². The fourth-order valence-corrected chi connectivity index (χ4v) is 3.33. The average Bonchev–Trinajstić information content (AvgIpc) is 2.60. The lowest BCUT2D eigenvalue weighted by molar-refractivity contribution is -0.148. The zero-order valence-electron chi connectivity index (χ0n) is 13.3. The molecule has 1 aromatic heterocycles. The third kappa shape index (κ3) is 2.57. The summed E-state index contributed by atoms with van der Waals surface area (Å²) in [6, 6.07) is -0.798. The number of hydrogen-bond acceptors (Lipinski definition) is 3. The maximum absolute atomic E-state index is 12.9. The number of likely N-dealkylation sites (tertiary alicyclic amines) is 1. The Labute approximate surface area is 124 Å². The SMILES string of the molecule is Cc1oc(C)c(C(=O)N2CCCC(C)(C)C2C(=O)O)c1C.